The summed E-state index contributed by atoms with van der Waals surface area (Å²) in [5.74, 6) is -5.71. The summed E-state index contributed by atoms with van der Waals surface area (Å²) in [6.07, 6.45) is 1.45. The fourth-order valence-corrected chi connectivity index (χ4v) is 4.18. The summed E-state index contributed by atoms with van der Waals surface area (Å²) in [5.41, 5.74) is 0. The highest BCUT2D eigenvalue weighted by atomic mass is 19.3. The van der Waals surface area contributed by atoms with Crippen LogP contribution < -0.4 is 4.74 Å². The Morgan fingerprint density at radius 3 is 2.15 bits per heavy atom. The van der Waals surface area contributed by atoms with Gasteiger partial charge in [0.2, 0.25) is 0 Å². The van der Waals surface area contributed by atoms with E-state index in [1.54, 1.807) is 0 Å². The standard InChI is InChI=1S/C20H25F5O2/c1-2-12-3-8-18(26-11-12)13-4-6-14(7-5-13)20(24,25)27-15-9-16(21)19(23)17(22)10-15/h9-10,12-14,18H,2-8,11H2,1H3. The molecule has 0 aromatic heterocycles. The second kappa shape index (κ2) is 8.33. The van der Waals surface area contributed by atoms with Crippen molar-refractivity contribution in [1.29, 1.82) is 0 Å². The molecule has 152 valence electrons. The number of hydrogen-bond donors (Lipinski definition) is 0. The molecular weight excluding hydrogens is 367 g/mol. The van der Waals surface area contributed by atoms with E-state index in [0.717, 1.165) is 25.9 Å². The topological polar surface area (TPSA) is 18.5 Å². The van der Waals surface area contributed by atoms with Crippen LogP contribution in [0.1, 0.15) is 51.9 Å². The van der Waals surface area contributed by atoms with Gasteiger partial charge in [0.1, 0.15) is 5.75 Å². The molecule has 1 aromatic carbocycles. The maximum atomic E-state index is 14.4. The molecule has 0 N–H and O–H groups in total. The third-order valence-corrected chi connectivity index (χ3v) is 5.97. The normalized spacial score (nSPS) is 29.6. The average Bonchev–Trinajstić information content (AvgIpc) is 2.66. The third-order valence-electron chi connectivity index (χ3n) is 5.97. The second-order valence-corrected chi connectivity index (χ2v) is 7.70. The summed E-state index contributed by atoms with van der Waals surface area (Å²) in [6.45, 7) is 2.88. The number of halogens is 5. The molecular formula is C20H25F5O2. The van der Waals surface area contributed by atoms with Crippen molar-refractivity contribution in [3.63, 3.8) is 0 Å². The number of alkyl halides is 2. The zero-order valence-corrected chi connectivity index (χ0v) is 15.3. The third kappa shape index (κ3) is 4.73. The molecule has 2 fully saturated rings. The van der Waals surface area contributed by atoms with E-state index in [4.69, 9.17) is 4.74 Å². The maximum Gasteiger partial charge on any atom is 0.400 e. The average molecular weight is 392 g/mol. The van der Waals surface area contributed by atoms with Gasteiger partial charge in [-0.15, -0.1) is 0 Å². The zero-order valence-electron chi connectivity index (χ0n) is 15.3. The van der Waals surface area contributed by atoms with Gasteiger partial charge in [0.15, 0.2) is 17.5 Å². The van der Waals surface area contributed by atoms with Gasteiger partial charge in [0.05, 0.1) is 12.0 Å². The zero-order chi connectivity index (χ0) is 19.6. The Labute approximate surface area is 156 Å². The SMILES string of the molecule is CCC1CCC(C2CCC(C(F)(F)Oc3cc(F)c(F)c(F)c3)CC2)OC1. The Hall–Kier alpha value is -1.37. The van der Waals surface area contributed by atoms with Gasteiger partial charge >= 0.3 is 6.11 Å². The molecule has 0 radical (unpaired) electrons. The van der Waals surface area contributed by atoms with E-state index in [1.807, 2.05) is 0 Å². The van der Waals surface area contributed by atoms with Gasteiger partial charge in [-0.25, -0.2) is 13.2 Å². The predicted octanol–water partition coefficient (Wildman–Crippen LogP) is 6.09. The first kappa shape index (κ1) is 20.4. The van der Waals surface area contributed by atoms with Crippen molar-refractivity contribution in [3.8, 4) is 5.75 Å². The molecule has 7 heteroatoms. The van der Waals surface area contributed by atoms with Crippen molar-refractivity contribution in [2.24, 2.45) is 17.8 Å². The monoisotopic (exact) mass is 392 g/mol. The Bertz CT molecular complexity index is 612. The lowest BCUT2D eigenvalue weighted by Crippen LogP contribution is -2.40. The number of benzene rings is 1. The molecule has 2 atom stereocenters. The van der Waals surface area contributed by atoms with Crippen LogP contribution in [0.2, 0.25) is 0 Å². The van der Waals surface area contributed by atoms with E-state index in [-0.39, 0.29) is 24.9 Å². The Balaban J connectivity index is 1.55. The van der Waals surface area contributed by atoms with Crippen molar-refractivity contribution in [2.45, 2.75) is 64.1 Å². The van der Waals surface area contributed by atoms with Gasteiger partial charge < -0.3 is 9.47 Å². The fourth-order valence-electron chi connectivity index (χ4n) is 4.18. The van der Waals surface area contributed by atoms with E-state index in [1.165, 1.54) is 0 Å². The molecule has 1 heterocycles. The highest BCUT2D eigenvalue weighted by molar-refractivity contribution is 5.25. The van der Waals surface area contributed by atoms with Crippen molar-refractivity contribution in [2.75, 3.05) is 6.61 Å². The first-order valence-electron chi connectivity index (χ1n) is 9.63. The molecule has 0 spiro atoms. The molecule has 0 amide bonds. The van der Waals surface area contributed by atoms with Crippen LogP contribution in [-0.4, -0.2) is 18.8 Å². The van der Waals surface area contributed by atoms with Crippen LogP contribution >= 0.6 is 0 Å². The second-order valence-electron chi connectivity index (χ2n) is 7.70. The van der Waals surface area contributed by atoms with E-state index in [9.17, 15) is 22.0 Å². The lowest BCUT2D eigenvalue weighted by molar-refractivity contribution is -0.225. The smallest absolute Gasteiger partial charge is 0.400 e. The van der Waals surface area contributed by atoms with E-state index >= 15 is 0 Å². The van der Waals surface area contributed by atoms with Crippen LogP contribution in [0.15, 0.2) is 12.1 Å². The molecule has 1 aliphatic carbocycles. The van der Waals surface area contributed by atoms with Crippen LogP contribution in [0.4, 0.5) is 22.0 Å². The van der Waals surface area contributed by atoms with Gasteiger partial charge in [-0.3, -0.25) is 0 Å². The summed E-state index contributed by atoms with van der Waals surface area (Å²) in [6, 6.07) is 0.885. The van der Waals surface area contributed by atoms with Crippen LogP contribution in [0.3, 0.4) is 0 Å². The summed E-state index contributed by atoms with van der Waals surface area (Å²) >= 11 is 0. The van der Waals surface area contributed by atoms with Crippen molar-refractivity contribution in [3.05, 3.63) is 29.6 Å². The molecule has 2 aliphatic rings. The van der Waals surface area contributed by atoms with Crippen molar-refractivity contribution < 1.29 is 31.4 Å². The lowest BCUT2D eigenvalue weighted by atomic mass is 9.76. The molecule has 2 unspecified atom stereocenters. The quantitative estimate of drug-likeness (QED) is 0.446. The summed E-state index contributed by atoms with van der Waals surface area (Å²) in [5, 5.41) is 0. The van der Waals surface area contributed by atoms with Crippen molar-refractivity contribution >= 4 is 0 Å². The Morgan fingerprint density at radius 1 is 1.00 bits per heavy atom. The molecule has 1 saturated carbocycles. The first-order valence-corrected chi connectivity index (χ1v) is 9.63. The van der Waals surface area contributed by atoms with E-state index in [0.29, 0.717) is 30.9 Å². The van der Waals surface area contributed by atoms with Gasteiger partial charge in [-0.2, -0.15) is 8.78 Å². The fraction of sp³-hybridized carbons (Fsp3) is 0.700. The molecule has 2 nitrogen and oxygen atoms in total. The highest BCUT2D eigenvalue weighted by Gasteiger charge is 2.45. The van der Waals surface area contributed by atoms with Crippen LogP contribution in [-0.2, 0) is 4.74 Å². The van der Waals surface area contributed by atoms with E-state index in [2.05, 4.69) is 11.7 Å². The highest BCUT2D eigenvalue weighted by Crippen LogP contribution is 2.43. The maximum absolute atomic E-state index is 14.4. The Kier molecular flexibility index (Phi) is 6.28. The first-order chi connectivity index (χ1) is 12.8. The lowest BCUT2D eigenvalue weighted by Gasteiger charge is -2.39. The molecule has 27 heavy (non-hydrogen) atoms. The number of rotatable bonds is 5. The van der Waals surface area contributed by atoms with Crippen LogP contribution in [0.25, 0.3) is 0 Å². The molecule has 1 aliphatic heterocycles. The number of hydrogen-bond acceptors (Lipinski definition) is 2. The number of ether oxygens (including phenoxy) is 2. The minimum atomic E-state index is -3.57. The largest absolute Gasteiger partial charge is 0.432 e. The van der Waals surface area contributed by atoms with Crippen molar-refractivity contribution in [1.82, 2.24) is 0 Å². The van der Waals surface area contributed by atoms with Crippen LogP contribution in [0, 0.1) is 35.2 Å². The predicted molar refractivity (Wildman–Crippen MR) is 90.1 cm³/mol. The summed E-state index contributed by atoms with van der Waals surface area (Å²) < 4.78 is 78.7. The van der Waals surface area contributed by atoms with Crippen LogP contribution in [0.5, 0.6) is 5.75 Å². The minimum Gasteiger partial charge on any atom is -0.432 e. The molecule has 1 saturated heterocycles. The van der Waals surface area contributed by atoms with Gasteiger partial charge in [0, 0.05) is 18.7 Å². The summed E-state index contributed by atoms with van der Waals surface area (Å²) in [7, 11) is 0. The molecule has 0 bridgehead atoms. The Morgan fingerprint density at radius 2 is 1.63 bits per heavy atom. The summed E-state index contributed by atoms with van der Waals surface area (Å²) in [4.78, 5) is 0. The van der Waals surface area contributed by atoms with Gasteiger partial charge in [-0.1, -0.05) is 13.3 Å². The molecule has 1 aromatic rings. The van der Waals surface area contributed by atoms with Gasteiger partial charge in [-0.05, 0) is 50.4 Å². The van der Waals surface area contributed by atoms with E-state index < -0.39 is 35.2 Å². The minimum absolute atomic E-state index is 0.128. The molecule has 3 rings (SSSR count). The van der Waals surface area contributed by atoms with Gasteiger partial charge in [0.25, 0.3) is 0 Å².